The van der Waals surface area contributed by atoms with Gasteiger partial charge in [-0.15, -0.1) is 0 Å². The molecule has 0 bridgehead atoms. The van der Waals surface area contributed by atoms with E-state index in [0.29, 0.717) is 23.7 Å². The van der Waals surface area contributed by atoms with Crippen molar-refractivity contribution in [2.75, 3.05) is 12.3 Å². The minimum atomic E-state index is -3.24. The summed E-state index contributed by atoms with van der Waals surface area (Å²) in [6.07, 6.45) is 2.27. The lowest BCUT2D eigenvalue weighted by molar-refractivity contribution is 0.576. The fraction of sp³-hybridized carbons (Fsp3) is 0.455. The number of nitrogens with two attached hydrogens (primary N) is 1. The molecule has 2 rings (SSSR count). The van der Waals surface area contributed by atoms with Crippen LogP contribution in [0, 0.1) is 5.92 Å². The van der Waals surface area contributed by atoms with Gasteiger partial charge in [-0.05, 0) is 30.4 Å². The van der Waals surface area contributed by atoms with E-state index in [0.717, 1.165) is 12.8 Å². The highest BCUT2D eigenvalue weighted by Gasteiger charge is 2.23. The third-order valence-corrected chi connectivity index (χ3v) is 3.99. The Kier molecular flexibility index (Phi) is 3.16. The van der Waals surface area contributed by atoms with Gasteiger partial charge in [0.1, 0.15) is 0 Å². The molecule has 0 heterocycles. The minimum Gasteiger partial charge on any atom is -0.398 e. The number of sulfonamides is 1. The van der Waals surface area contributed by atoms with Crippen LogP contribution in [0.5, 0.6) is 0 Å². The first-order valence-electron chi connectivity index (χ1n) is 5.37. The second-order valence-electron chi connectivity index (χ2n) is 4.25. The lowest BCUT2D eigenvalue weighted by Crippen LogP contribution is -2.27. The lowest BCUT2D eigenvalue weighted by Gasteiger charge is -2.07. The van der Waals surface area contributed by atoms with Crippen LogP contribution in [0.4, 0.5) is 5.69 Å². The Bertz CT molecular complexity index is 467. The highest BCUT2D eigenvalue weighted by molar-refractivity contribution is 7.88. The Hall–Kier alpha value is -1.07. The van der Waals surface area contributed by atoms with Crippen molar-refractivity contribution in [3.8, 4) is 0 Å². The number of para-hydroxylation sites is 1. The van der Waals surface area contributed by atoms with Crippen LogP contribution in [0.25, 0.3) is 0 Å². The molecule has 0 radical (unpaired) electrons. The van der Waals surface area contributed by atoms with Gasteiger partial charge in [-0.1, -0.05) is 18.2 Å². The van der Waals surface area contributed by atoms with Crippen molar-refractivity contribution in [1.29, 1.82) is 0 Å². The van der Waals surface area contributed by atoms with Gasteiger partial charge in [-0.25, -0.2) is 13.1 Å². The van der Waals surface area contributed by atoms with Gasteiger partial charge < -0.3 is 5.73 Å². The number of nitrogen functional groups attached to an aromatic ring is 1. The highest BCUT2D eigenvalue weighted by atomic mass is 32.2. The smallest absolute Gasteiger partial charge is 0.215 e. The first-order valence-corrected chi connectivity index (χ1v) is 7.03. The van der Waals surface area contributed by atoms with Gasteiger partial charge in [0.15, 0.2) is 0 Å². The van der Waals surface area contributed by atoms with E-state index in [1.807, 2.05) is 0 Å². The Balaban J connectivity index is 1.99. The summed E-state index contributed by atoms with van der Waals surface area (Å²) in [5.41, 5.74) is 6.89. The summed E-state index contributed by atoms with van der Waals surface area (Å²) >= 11 is 0. The molecular formula is C11H16N2O2S. The van der Waals surface area contributed by atoms with Crippen molar-refractivity contribution < 1.29 is 8.42 Å². The van der Waals surface area contributed by atoms with Crippen LogP contribution < -0.4 is 10.5 Å². The van der Waals surface area contributed by atoms with Crippen LogP contribution >= 0.6 is 0 Å². The maximum Gasteiger partial charge on any atom is 0.215 e. The largest absolute Gasteiger partial charge is 0.398 e. The van der Waals surface area contributed by atoms with Gasteiger partial charge in [-0.2, -0.15) is 0 Å². The molecule has 16 heavy (non-hydrogen) atoms. The molecule has 0 unspecified atom stereocenters. The van der Waals surface area contributed by atoms with E-state index < -0.39 is 10.0 Å². The number of hydrogen-bond acceptors (Lipinski definition) is 3. The van der Waals surface area contributed by atoms with Crippen LogP contribution in [0.3, 0.4) is 0 Å². The third kappa shape index (κ3) is 3.21. The molecule has 88 valence electrons. The second-order valence-corrected chi connectivity index (χ2v) is 6.06. The molecule has 1 aliphatic rings. The summed E-state index contributed by atoms with van der Waals surface area (Å²) in [5.74, 6) is 0.509. The summed E-state index contributed by atoms with van der Waals surface area (Å²) in [6, 6.07) is 7.04. The maximum absolute atomic E-state index is 11.7. The number of rotatable bonds is 5. The van der Waals surface area contributed by atoms with E-state index >= 15 is 0 Å². The van der Waals surface area contributed by atoms with Gasteiger partial charge >= 0.3 is 0 Å². The average molecular weight is 240 g/mol. The number of anilines is 1. The molecule has 0 atom stereocenters. The van der Waals surface area contributed by atoms with Crippen molar-refractivity contribution in [3.63, 3.8) is 0 Å². The first-order chi connectivity index (χ1) is 7.57. The summed E-state index contributed by atoms with van der Waals surface area (Å²) < 4.78 is 26.0. The van der Waals surface area contributed by atoms with Gasteiger partial charge in [-0.3, -0.25) is 0 Å². The van der Waals surface area contributed by atoms with Crippen LogP contribution in [0.15, 0.2) is 24.3 Å². The molecule has 4 nitrogen and oxygen atoms in total. The predicted molar refractivity (Wildman–Crippen MR) is 64.2 cm³/mol. The van der Waals surface area contributed by atoms with E-state index in [-0.39, 0.29) is 5.75 Å². The van der Waals surface area contributed by atoms with E-state index in [9.17, 15) is 8.42 Å². The monoisotopic (exact) mass is 240 g/mol. The summed E-state index contributed by atoms with van der Waals surface area (Å²) in [4.78, 5) is 0. The topological polar surface area (TPSA) is 72.2 Å². The fourth-order valence-corrected chi connectivity index (χ4v) is 2.75. The average Bonchev–Trinajstić information content (AvgIpc) is 3.02. The van der Waals surface area contributed by atoms with E-state index in [4.69, 9.17) is 5.73 Å². The Labute approximate surface area is 95.9 Å². The minimum absolute atomic E-state index is 0.0353. The molecule has 0 aromatic heterocycles. The first kappa shape index (κ1) is 11.4. The van der Waals surface area contributed by atoms with Crippen molar-refractivity contribution in [2.24, 2.45) is 5.92 Å². The van der Waals surface area contributed by atoms with Crippen molar-refractivity contribution >= 4 is 15.7 Å². The predicted octanol–water partition coefficient (Wildman–Crippen LogP) is 1.10. The van der Waals surface area contributed by atoms with E-state index in [1.165, 1.54) is 0 Å². The highest BCUT2D eigenvalue weighted by Crippen LogP contribution is 2.28. The Morgan fingerprint density at radius 1 is 1.31 bits per heavy atom. The maximum atomic E-state index is 11.7. The van der Waals surface area contributed by atoms with Crippen molar-refractivity contribution in [1.82, 2.24) is 4.72 Å². The normalized spacial score (nSPS) is 16.2. The number of benzene rings is 1. The standard InChI is InChI=1S/C11H16N2O2S/c12-11-4-2-1-3-10(11)8-16(14,15)13-7-9-5-6-9/h1-4,9,13H,5-8,12H2. The molecule has 1 aromatic carbocycles. The molecule has 0 saturated heterocycles. The molecule has 1 fully saturated rings. The molecule has 0 spiro atoms. The molecular weight excluding hydrogens is 224 g/mol. The van der Waals surface area contributed by atoms with Gasteiger partial charge in [0.25, 0.3) is 0 Å². The fourth-order valence-electron chi connectivity index (χ4n) is 1.49. The molecule has 1 saturated carbocycles. The van der Waals surface area contributed by atoms with Crippen molar-refractivity contribution in [3.05, 3.63) is 29.8 Å². The van der Waals surface area contributed by atoms with E-state index in [1.54, 1.807) is 24.3 Å². The number of nitrogens with one attached hydrogen (secondary N) is 1. The zero-order valence-corrected chi connectivity index (χ0v) is 9.83. The summed E-state index contributed by atoms with van der Waals surface area (Å²) in [5, 5.41) is 0. The molecule has 5 heteroatoms. The van der Waals surface area contributed by atoms with Crippen LogP contribution in [-0.2, 0) is 15.8 Å². The summed E-state index contributed by atoms with van der Waals surface area (Å²) in [6.45, 7) is 0.565. The van der Waals surface area contributed by atoms with E-state index in [2.05, 4.69) is 4.72 Å². The molecule has 0 amide bonds. The van der Waals surface area contributed by atoms with Crippen LogP contribution in [0.2, 0.25) is 0 Å². The molecule has 0 aliphatic heterocycles. The SMILES string of the molecule is Nc1ccccc1CS(=O)(=O)NCC1CC1. The second kappa shape index (κ2) is 4.43. The Morgan fingerprint density at radius 3 is 2.62 bits per heavy atom. The molecule has 3 N–H and O–H groups in total. The Morgan fingerprint density at radius 2 is 2.00 bits per heavy atom. The van der Waals surface area contributed by atoms with Gasteiger partial charge in [0, 0.05) is 12.2 Å². The zero-order chi connectivity index (χ0) is 11.6. The van der Waals surface area contributed by atoms with Gasteiger partial charge in [0.2, 0.25) is 10.0 Å². The van der Waals surface area contributed by atoms with Crippen molar-refractivity contribution in [2.45, 2.75) is 18.6 Å². The lowest BCUT2D eigenvalue weighted by atomic mass is 10.2. The third-order valence-electron chi connectivity index (χ3n) is 2.69. The zero-order valence-electron chi connectivity index (χ0n) is 9.02. The summed E-state index contributed by atoms with van der Waals surface area (Å²) in [7, 11) is -3.24. The molecule has 1 aliphatic carbocycles. The van der Waals surface area contributed by atoms with Crippen LogP contribution in [-0.4, -0.2) is 15.0 Å². The number of hydrogen-bond donors (Lipinski definition) is 2. The quantitative estimate of drug-likeness (QED) is 0.757. The van der Waals surface area contributed by atoms with Gasteiger partial charge in [0.05, 0.1) is 5.75 Å². The van der Waals surface area contributed by atoms with Crippen LogP contribution in [0.1, 0.15) is 18.4 Å². The molecule has 1 aromatic rings.